The highest BCUT2D eigenvalue weighted by molar-refractivity contribution is 7.16. The third kappa shape index (κ3) is 3.67. The topological polar surface area (TPSA) is 76.3 Å². The first-order chi connectivity index (χ1) is 15.3. The van der Waals surface area contributed by atoms with E-state index in [0.717, 1.165) is 17.8 Å². The van der Waals surface area contributed by atoms with Crippen molar-refractivity contribution in [2.75, 3.05) is 7.05 Å². The molecule has 5 rings (SSSR count). The summed E-state index contributed by atoms with van der Waals surface area (Å²) in [5.74, 6) is 0.869. The molecule has 6 atom stereocenters. The third-order valence-electron chi connectivity index (χ3n) is 6.99. The Morgan fingerprint density at radius 1 is 1.16 bits per heavy atom. The quantitative estimate of drug-likeness (QED) is 0.632. The predicted molar refractivity (Wildman–Crippen MR) is 121 cm³/mol. The lowest BCUT2D eigenvalue weighted by molar-refractivity contribution is -0.101. The van der Waals surface area contributed by atoms with Crippen LogP contribution < -0.4 is 4.74 Å². The van der Waals surface area contributed by atoms with E-state index in [-0.39, 0.29) is 17.7 Å². The molecule has 1 aromatic carbocycles. The van der Waals surface area contributed by atoms with Gasteiger partial charge in [0, 0.05) is 30.8 Å². The highest BCUT2D eigenvalue weighted by Gasteiger charge is 2.50. The molecule has 2 saturated heterocycles. The van der Waals surface area contributed by atoms with Crippen molar-refractivity contribution in [3.8, 4) is 27.2 Å². The number of halogens is 1. The first-order valence-electron chi connectivity index (χ1n) is 11.0. The average Bonchev–Trinajstić information content (AvgIpc) is 3.38. The van der Waals surface area contributed by atoms with Crippen LogP contribution in [-0.2, 0) is 0 Å². The fraction of sp³-hybridized carbons (Fsp3) is 0.522. The monoisotopic (exact) mass is 457 g/mol. The molecule has 2 aliphatic rings. The Morgan fingerprint density at radius 2 is 1.97 bits per heavy atom. The van der Waals surface area contributed by atoms with Crippen molar-refractivity contribution in [3.63, 3.8) is 0 Å². The van der Waals surface area contributed by atoms with Gasteiger partial charge in [0.1, 0.15) is 11.9 Å². The molecule has 3 aromatic rings. The van der Waals surface area contributed by atoms with Gasteiger partial charge in [-0.25, -0.2) is 9.07 Å². The first-order valence-corrected chi connectivity index (χ1v) is 11.9. The van der Waals surface area contributed by atoms with Crippen LogP contribution >= 0.6 is 11.3 Å². The van der Waals surface area contributed by atoms with Gasteiger partial charge in [-0.1, -0.05) is 30.3 Å². The summed E-state index contributed by atoms with van der Waals surface area (Å²) in [5, 5.41) is 24.1. The maximum Gasteiger partial charge on any atom is 0.294 e. The number of nitrogens with zero attached hydrogens (tertiary/aromatic N) is 5. The number of aromatic hydroxyl groups is 1. The molecule has 0 spiro atoms. The molecule has 2 aliphatic heterocycles. The minimum Gasteiger partial charge on any atom is -0.507 e. The molecule has 7 nitrogen and oxygen atoms in total. The van der Waals surface area contributed by atoms with Crippen molar-refractivity contribution in [1.29, 1.82) is 0 Å². The fourth-order valence-electron chi connectivity index (χ4n) is 5.44. The SMILES string of the molecule is Cc1ccn(-c2ccc(-c3nnc(OC4CC5C(C)CC(C)C(C4F)N5C)s3)c(O)c2)n1. The largest absolute Gasteiger partial charge is 0.507 e. The van der Waals surface area contributed by atoms with Crippen LogP contribution in [0.1, 0.15) is 32.4 Å². The van der Waals surface area contributed by atoms with E-state index in [1.807, 2.05) is 32.3 Å². The predicted octanol–water partition coefficient (Wildman–Crippen LogP) is 4.24. The summed E-state index contributed by atoms with van der Waals surface area (Å²) in [7, 11) is 2.03. The number of piperidine rings is 2. The van der Waals surface area contributed by atoms with Crippen LogP contribution in [0.3, 0.4) is 0 Å². The second kappa shape index (κ2) is 8.12. The molecule has 4 heterocycles. The molecule has 0 saturated carbocycles. The molecule has 170 valence electrons. The summed E-state index contributed by atoms with van der Waals surface area (Å²) in [6.07, 6.45) is 1.92. The van der Waals surface area contributed by atoms with E-state index < -0.39 is 12.3 Å². The molecule has 0 amide bonds. The number of fused-ring (bicyclic) bond motifs is 2. The highest BCUT2D eigenvalue weighted by Crippen LogP contribution is 2.43. The van der Waals surface area contributed by atoms with Crippen LogP contribution in [0.5, 0.6) is 10.9 Å². The summed E-state index contributed by atoms with van der Waals surface area (Å²) in [4.78, 5) is 2.20. The summed E-state index contributed by atoms with van der Waals surface area (Å²) < 4.78 is 23.1. The van der Waals surface area contributed by atoms with Gasteiger partial charge in [-0.15, -0.1) is 5.10 Å². The number of hydrogen-bond donors (Lipinski definition) is 1. The van der Waals surface area contributed by atoms with Gasteiger partial charge in [-0.2, -0.15) is 5.10 Å². The number of alkyl halides is 1. The number of rotatable bonds is 4. The zero-order chi connectivity index (χ0) is 22.6. The van der Waals surface area contributed by atoms with Crippen LogP contribution in [0.2, 0.25) is 0 Å². The maximum atomic E-state index is 15.4. The minimum absolute atomic E-state index is 0.0817. The van der Waals surface area contributed by atoms with E-state index in [4.69, 9.17) is 4.74 Å². The second-order valence-corrected chi connectivity index (χ2v) is 10.2. The van der Waals surface area contributed by atoms with E-state index in [9.17, 15) is 5.11 Å². The first kappa shape index (κ1) is 21.3. The molecule has 9 heteroatoms. The van der Waals surface area contributed by atoms with Gasteiger partial charge in [-0.05, 0) is 50.4 Å². The Labute approximate surface area is 190 Å². The smallest absolute Gasteiger partial charge is 0.294 e. The number of ether oxygens (including phenoxy) is 1. The molecular weight excluding hydrogens is 429 g/mol. The van der Waals surface area contributed by atoms with Gasteiger partial charge >= 0.3 is 0 Å². The van der Waals surface area contributed by atoms with Crippen molar-refractivity contribution >= 4 is 11.3 Å². The third-order valence-corrected chi connectivity index (χ3v) is 7.84. The standard InChI is InChI=1S/C23H28FN5O2S/c1-12-9-13(2)21-20(24)19(11-17(12)28(21)4)31-23-26-25-22(32-23)16-6-5-15(10-18(16)30)29-8-7-14(3)27-29/h5-8,10,12-13,17,19-21,30H,9,11H2,1-4H3. The number of phenols is 1. The Morgan fingerprint density at radius 3 is 2.69 bits per heavy atom. The van der Waals surface area contributed by atoms with Crippen LogP contribution in [0.25, 0.3) is 16.3 Å². The average molecular weight is 458 g/mol. The van der Waals surface area contributed by atoms with Crippen LogP contribution in [-0.4, -0.2) is 61.4 Å². The number of benzene rings is 1. The van der Waals surface area contributed by atoms with Crippen LogP contribution in [0, 0.1) is 18.8 Å². The summed E-state index contributed by atoms with van der Waals surface area (Å²) in [6, 6.07) is 7.36. The van der Waals surface area contributed by atoms with Gasteiger partial charge in [0.15, 0.2) is 11.2 Å². The zero-order valence-electron chi connectivity index (χ0n) is 18.6. The molecule has 6 unspecified atom stereocenters. The van der Waals surface area contributed by atoms with Crippen molar-refractivity contribution in [2.45, 2.75) is 58.0 Å². The summed E-state index contributed by atoms with van der Waals surface area (Å²) in [6.45, 7) is 6.28. The lowest BCUT2D eigenvalue weighted by Crippen LogP contribution is -2.64. The molecular formula is C23H28FN5O2S. The molecule has 32 heavy (non-hydrogen) atoms. The Balaban J connectivity index is 1.34. The second-order valence-electron chi connectivity index (χ2n) is 9.23. The summed E-state index contributed by atoms with van der Waals surface area (Å²) in [5.41, 5.74) is 2.21. The number of hydrogen-bond acceptors (Lipinski definition) is 7. The summed E-state index contributed by atoms with van der Waals surface area (Å²) >= 11 is 1.22. The number of aryl methyl sites for hydroxylation is 1. The van der Waals surface area contributed by atoms with Crippen LogP contribution in [0.4, 0.5) is 4.39 Å². The van der Waals surface area contributed by atoms with Crippen LogP contribution in [0.15, 0.2) is 30.5 Å². The Kier molecular flexibility index (Phi) is 5.41. The lowest BCUT2D eigenvalue weighted by atomic mass is 9.72. The van der Waals surface area contributed by atoms with Crippen molar-refractivity contribution in [1.82, 2.24) is 24.9 Å². The van der Waals surface area contributed by atoms with Gasteiger partial charge in [-0.3, -0.25) is 4.90 Å². The molecule has 2 bridgehead atoms. The van der Waals surface area contributed by atoms with E-state index in [0.29, 0.717) is 34.1 Å². The zero-order valence-corrected chi connectivity index (χ0v) is 19.5. The van der Waals surface area contributed by atoms with E-state index in [1.165, 1.54) is 11.3 Å². The molecule has 0 aliphatic carbocycles. The van der Waals surface area contributed by atoms with E-state index >= 15 is 4.39 Å². The van der Waals surface area contributed by atoms with Gasteiger partial charge in [0.25, 0.3) is 5.19 Å². The molecule has 0 radical (unpaired) electrons. The molecule has 2 aromatic heterocycles. The van der Waals surface area contributed by atoms with Crippen molar-refractivity contribution in [2.24, 2.45) is 11.8 Å². The fourth-order valence-corrected chi connectivity index (χ4v) is 6.23. The van der Waals surface area contributed by atoms with Crippen molar-refractivity contribution in [3.05, 3.63) is 36.2 Å². The number of phenolic OH excluding ortho intramolecular Hbond substituents is 1. The highest BCUT2D eigenvalue weighted by atomic mass is 32.1. The minimum atomic E-state index is -1.07. The maximum absolute atomic E-state index is 15.4. The van der Waals surface area contributed by atoms with Gasteiger partial charge in [0.2, 0.25) is 0 Å². The van der Waals surface area contributed by atoms with Gasteiger partial charge < -0.3 is 9.84 Å². The molecule has 1 N–H and O–H groups in total. The normalized spacial score (nSPS) is 30.4. The molecule has 2 fully saturated rings. The lowest BCUT2D eigenvalue weighted by Gasteiger charge is -2.53. The Hall–Kier alpha value is -2.52. The number of aromatic nitrogens is 4. The van der Waals surface area contributed by atoms with E-state index in [1.54, 1.807) is 16.8 Å². The Bertz CT molecular complexity index is 1120. The van der Waals surface area contributed by atoms with Crippen molar-refractivity contribution < 1.29 is 14.2 Å². The van der Waals surface area contributed by atoms with Gasteiger partial charge in [0.05, 0.1) is 16.9 Å². The van der Waals surface area contributed by atoms with E-state index in [2.05, 4.69) is 34.0 Å².